The van der Waals surface area contributed by atoms with Crippen molar-refractivity contribution in [2.45, 2.75) is 32.7 Å². The van der Waals surface area contributed by atoms with Crippen LogP contribution in [0.15, 0.2) is 24.3 Å². The molecular formula is C16H24N2O3. The largest absolute Gasteiger partial charge is 0.491 e. The summed E-state index contributed by atoms with van der Waals surface area (Å²) in [5.74, 6) is 0.694. The fraction of sp³-hybridized carbons (Fsp3) is 0.562. The smallest absolute Gasteiger partial charge is 0.315 e. The van der Waals surface area contributed by atoms with Gasteiger partial charge in [-0.3, -0.25) is 0 Å². The molecule has 1 aliphatic rings. The minimum atomic E-state index is -0.147. The van der Waals surface area contributed by atoms with Crippen molar-refractivity contribution in [1.82, 2.24) is 10.6 Å². The van der Waals surface area contributed by atoms with Gasteiger partial charge in [-0.25, -0.2) is 4.79 Å². The number of ether oxygens (including phenoxy) is 1. The van der Waals surface area contributed by atoms with E-state index in [9.17, 15) is 4.79 Å². The molecule has 116 valence electrons. The van der Waals surface area contributed by atoms with Gasteiger partial charge in [-0.05, 0) is 30.7 Å². The standard InChI is InChI=1S/C16H24N2O3/c1-2-16(7-8-16)12-18-15(20)17-11-13-5-3-4-6-14(13)21-10-9-19/h3-6,19H,2,7-12H2,1H3,(H2,17,18,20). The fourth-order valence-electron chi connectivity index (χ4n) is 2.28. The first-order chi connectivity index (χ1) is 10.2. The predicted octanol–water partition coefficient (Wildman–Crippen LogP) is 2.05. The van der Waals surface area contributed by atoms with E-state index in [1.54, 1.807) is 0 Å². The maximum absolute atomic E-state index is 11.8. The molecular weight excluding hydrogens is 268 g/mol. The Morgan fingerprint density at radius 1 is 1.33 bits per heavy atom. The van der Waals surface area contributed by atoms with Crippen molar-refractivity contribution in [2.75, 3.05) is 19.8 Å². The van der Waals surface area contributed by atoms with Gasteiger partial charge in [-0.2, -0.15) is 0 Å². The van der Waals surface area contributed by atoms with Gasteiger partial charge < -0.3 is 20.5 Å². The average Bonchev–Trinajstić information content (AvgIpc) is 3.30. The Kier molecular flexibility index (Phi) is 5.44. The number of hydrogen-bond acceptors (Lipinski definition) is 3. The molecule has 1 aliphatic carbocycles. The molecule has 2 amide bonds. The van der Waals surface area contributed by atoms with Crippen LogP contribution in [-0.4, -0.2) is 30.9 Å². The van der Waals surface area contributed by atoms with Crippen LogP contribution >= 0.6 is 0 Å². The summed E-state index contributed by atoms with van der Waals surface area (Å²) in [6, 6.07) is 7.36. The predicted molar refractivity (Wildman–Crippen MR) is 81.2 cm³/mol. The van der Waals surface area contributed by atoms with E-state index in [1.165, 1.54) is 12.8 Å². The van der Waals surface area contributed by atoms with Crippen molar-refractivity contribution in [3.8, 4) is 5.75 Å². The zero-order valence-electron chi connectivity index (χ0n) is 12.5. The van der Waals surface area contributed by atoms with E-state index in [1.807, 2.05) is 24.3 Å². The number of carbonyl (C=O) groups is 1. The molecule has 5 heteroatoms. The zero-order valence-corrected chi connectivity index (χ0v) is 12.5. The van der Waals surface area contributed by atoms with Crippen molar-refractivity contribution in [2.24, 2.45) is 5.41 Å². The first kappa shape index (κ1) is 15.6. The number of hydrogen-bond donors (Lipinski definition) is 3. The monoisotopic (exact) mass is 292 g/mol. The number of aliphatic hydroxyl groups excluding tert-OH is 1. The van der Waals surface area contributed by atoms with Crippen molar-refractivity contribution in [3.63, 3.8) is 0 Å². The Labute approximate surface area is 125 Å². The molecule has 1 fully saturated rings. The minimum absolute atomic E-state index is 0.0264. The van der Waals surface area contributed by atoms with Crippen LogP contribution in [-0.2, 0) is 6.54 Å². The third kappa shape index (κ3) is 4.63. The third-order valence-corrected chi connectivity index (χ3v) is 4.09. The van der Waals surface area contributed by atoms with Gasteiger partial charge in [0.05, 0.1) is 6.61 Å². The van der Waals surface area contributed by atoms with E-state index in [4.69, 9.17) is 9.84 Å². The molecule has 0 heterocycles. The molecule has 0 atom stereocenters. The molecule has 5 nitrogen and oxygen atoms in total. The molecule has 21 heavy (non-hydrogen) atoms. The van der Waals surface area contributed by atoms with E-state index in [0.717, 1.165) is 18.5 Å². The highest BCUT2D eigenvalue weighted by Crippen LogP contribution is 2.47. The van der Waals surface area contributed by atoms with E-state index < -0.39 is 0 Å². The van der Waals surface area contributed by atoms with E-state index in [-0.39, 0.29) is 19.2 Å². The molecule has 1 aromatic rings. The van der Waals surface area contributed by atoms with Gasteiger partial charge in [0.25, 0.3) is 0 Å². The molecule has 0 spiro atoms. The first-order valence-corrected chi connectivity index (χ1v) is 7.52. The van der Waals surface area contributed by atoms with Gasteiger partial charge >= 0.3 is 6.03 Å². The van der Waals surface area contributed by atoms with E-state index in [2.05, 4.69) is 17.6 Å². The third-order valence-electron chi connectivity index (χ3n) is 4.09. The number of benzene rings is 1. The van der Waals surface area contributed by atoms with Crippen molar-refractivity contribution < 1.29 is 14.6 Å². The first-order valence-electron chi connectivity index (χ1n) is 7.52. The average molecular weight is 292 g/mol. The van der Waals surface area contributed by atoms with Crippen LogP contribution in [0.25, 0.3) is 0 Å². The van der Waals surface area contributed by atoms with Crippen LogP contribution in [0.5, 0.6) is 5.75 Å². The second kappa shape index (κ2) is 7.31. The number of nitrogens with one attached hydrogen (secondary N) is 2. The molecule has 0 radical (unpaired) electrons. The number of aliphatic hydroxyl groups is 1. The summed E-state index contributed by atoms with van der Waals surface area (Å²) in [6.07, 6.45) is 3.54. The quantitative estimate of drug-likeness (QED) is 0.687. The van der Waals surface area contributed by atoms with Crippen LogP contribution < -0.4 is 15.4 Å². The Morgan fingerprint density at radius 3 is 2.76 bits per heavy atom. The number of urea groups is 1. The highest BCUT2D eigenvalue weighted by Gasteiger charge is 2.40. The van der Waals surface area contributed by atoms with Gasteiger partial charge in [0, 0.05) is 18.7 Å². The second-order valence-corrected chi connectivity index (χ2v) is 5.57. The lowest BCUT2D eigenvalue weighted by Crippen LogP contribution is -2.38. The summed E-state index contributed by atoms with van der Waals surface area (Å²) in [4.78, 5) is 11.8. The lowest BCUT2D eigenvalue weighted by Gasteiger charge is -2.15. The molecule has 0 bridgehead atoms. The minimum Gasteiger partial charge on any atom is -0.491 e. The highest BCUT2D eigenvalue weighted by molar-refractivity contribution is 5.74. The highest BCUT2D eigenvalue weighted by atomic mass is 16.5. The molecule has 2 rings (SSSR count). The lowest BCUT2D eigenvalue weighted by molar-refractivity contribution is 0.200. The van der Waals surface area contributed by atoms with Crippen LogP contribution in [0.4, 0.5) is 4.79 Å². The van der Waals surface area contributed by atoms with Gasteiger partial charge in [0.2, 0.25) is 0 Å². The van der Waals surface area contributed by atoms with Crippen molar-refractivity contribution >= 4 is 6.03 Å². The fourth-order valence-corrected chi connectivity index (χ4v) is 2.28. The number of carbonyl (C=O) groups excluding carboxylic acids is 1. The second-order valence-electron chi connectivity index (χ2n) is 5.57. The number of rotatable bonds is 8. The van der Waals surface area contributed by atoms with Crippen LogP contribution in [0.2, 0.25) is 0 Å². The van der Waals surface area contributed by atoms with Gasteiger partial charge in [-0.1, -0.05) is 25.1 Å². The SMILES string of the molecule is CCC1(CNC(=O)NCc2ccccc2OCCO)CC1. The topological polar surface area (TPSA) is 70.6 Å². The van der Waals surface area contributed by atoms with E-state index in [0.29, 0.717) is 17.7 Å². The molecule has 0 unspecified atom stereocenters. The molecule has 0 aliphatic heterocycles. The number of para-hydroxylation sites is 1. The van der Waals surface area contributed by atoms with E-state index >= 15 is 0 Å². The summed E-state index contributed by atoms with van der Waals surface area (Å²) in [5, 5.41) is 14.6. The maximum atomic E-state index is 11.8. The Morgan fingerprint density at radius 2 is 2.10 bits per heavy atom. The zero-order chi connectivity index (χ0) is 15.1. The summed E-state index contributed by atoms with van der Waals surface area (Å²) < 4.78 is 5.44. The Hall–Kier alpha value is -1.75. The molecule has 3 N–H and O–H groups in total. The Bertz CT molecular complexity index is 472. The maximum Gasteiger partial charge on any atom is 0.315 e. The molecule has 0 aromatic heterocycles. The lowest BCUT2D eigenvalue weighted by atomic mass is 10.0. The molecule has 1 saturated carbocycles. The van der Waals surface area contributed by atoms with Crippen LogP contribution in [0.1, 0.15) is 31.7 Å². The molecule has 0 saturated heterocycles. The summed E-state index contributed by atoms with van der Waals surface area (Å²) in [7, 11) is 0. The Balaban J connectivity index is 1.78. The van der Waals surface area contributed by atoms with Crippen molar-refractivity contribution in [1.29, 1.82) is 0 Å². The van der Waals surface area contributed by atoms with Gasteiger partial charge in [0.15, 0.2) is 0 Å². The summed E-state index contributed by atoms with van der Waals surface area (Å²) in [6.45, 7) is 3.55. The molecule has 1 aromatic carbocycles. The van der Waals surface area contributed by atoms with Gasteiger partial charge in [0.1, 0.15) is 12.4 Å². The summed E-state index contributed by atoms with van der Waals surface area (Å²) >= 11 is 0. The summed E-state index contributed by atoms with van der Waals surface area (Å²) in [5.41, 5.74) is 1.25. The van der Waals surface area contributed by atoms with Crippen molar-refractivity contribution in [3.05, 3.63) is 29.8 Å². The normalized spacial score (nSPS) is 15.3. The van der Waals surface area contributed by atoms with Gasteiger partial charge in [-0.15, -0.1) is 0 Å². The van der Waals surface area contributed by atoms with Crippen LogP contribution in [0, 0.1) is 5.41 Å². The number of amides is 2. The van der Waals surface area contributed by atoms with Crippen LogP contribution in [0.3, 0.4) is 0 Å².